The number of quaternary nitrogens is 1. The van der Waals surface area contributed by atoms with Crippen LogP contribution in [0, 0.1) is 0 Å². The Morgan fingerprint density at radius 2 is 2.29 bits per heavy atom. The summed E-state index contributed by atoms with van der Waals surface area (Å²) in [7, 11) is 0. The molecule has 0 spiro atoms. The molecule has 1 aliphatic rings. The fraction of sp³-hybridized carbons (Fsp3) is 1.00. The number of hydrogen-bond donors (Lipinski definition) is 2. The lowest BCUT2D eigenvalue weighted by molar-refractivity contribution is -0.529. The minimum absolute atomic E-state index is 0.146. The van der Waals surface area contributed by atoms with Gasteiger partial charge in [0.05, 0.1) is 0 Å². The van der Waals surface area contributed by atoms with Gasteiger partial charge in [-0.05, 0) is 0 Å². The summed E-state index contributed by atoms with van der Waals surface area (Å²) in [6, 6.07) is 0. The van der Waals surface area contributed by atoms with E-state index in [0.717, 1.165) is 0 Å². The fourth-order valence-electron chi connectivity index (χ4n) is 0.482. The average Bonchev–Trinajstić information content (AvgIpc) is 1.61. The van der Waals surface area contributed by atoms with Gasteiger partial charge in [0.25, 0.3) is 0 Å². The third-order valence-corrected chi connectivity index (χ3v) is 1.15. The third-order valence-electron chi connectivity index (χ3n) is 1.15. The molecule has 3 heteroatoms. The molecule has 0 aromatic heterocycles. The lowest BCUT2D eigenvalue weighted by atomic mass is 10.0. The van der Waals surface area contributed by atoms with Gasteiger partial charge in [-0.25, -0.2) is 0 Å². The molecule has 4 N–H and O–H groups in total. The van der Waals surface area contributed by atoms with Crippen molar-refractivity contribution in [3.63, 3.8) is 0 Å². The highest BCUT2D eigenvalue weighted by atomic mass is 16.5. The molecule has 0 aliphatic carbocycles. The second-order valence-electron chi connectivity index (χ2n) is 2.15. The van der Waals surface area contributed by atoms with Gasteiger partial charge in [0, 0.05) is 0 Å². The molecule has 1 fully saturated rings. The summed E-state index contributed by atoms with van der Waals surface area (Å²) in [6.07, 6.45) is 0. The molecule has 7 heavy (non-hydrogen) atoms. The van der Waals surface area contributed by atoms with E-state index in [9.17, 15) is 0 Å². The summed E-state index contributed by atoms with van der Waals surface area (Å²) in [5.41, 5.74) is 3.57. The van der Waals surface area contributed by atoms with Gasteiger partial charge in [-0.3, -0.25) is 0 Å². The summed E-state index contributed by atoms with van der Waals surface area (Å²) < 4.78 is 4.81. The zero-order valence-electron chi connectivity index (χ0n) is 4.18. The van der Waals surface area contributed by atoms with E-state index in [0.29, 0.717) is 13.2 Å². The topological polar surface area (TPSA) is 57.1 Å². The van der Waals surface area contributed by atoms with Crippen LogP contribution < -0.4 is 5.73 Å². The lowest BCUT2D eigenvalue weighted by Crippen LogP contribution is -2.83. The number of hydrogen-bond acceptors (Lipinski definition) is 2. The molecule has 0 bridgehead atoms. The summed E-state index contributed by atoms with van der Waals surface area (Å²) in [5.74, 6) is 0. The molecule has 42 valence electrons. The molecular weight excluding hydrogens is 94.0 g/mol. The highest BCUT2D eigenvalue weighted by Crippen LogP contribution is 2.08. The predicted octanol–water partition coefficient (Wildman–Crippen LogP) is -2.01. The van der Waals surface area contributed by atoms with Gasteiger partial charge in [0.1, 0.15) is 19.8 Å². The molecule has 1 saturated heterocycles. The molecule has 0 saturated carbocycles. The Labute approximate surface area is 42.1 Å². The van der Waals surface area contributed by atoms with E-state index < -0.39 is 0 Å². The maximum absolute atomic E-state index is 8.50. The lowest BCUT2D eigenvalue weighted by Gasteiger charge is -2.31. The van der Waals surface area contributed by atoms with Crippen LogP contribution in [-0.2, 0) is 4.74 Å². The van der Waals surface area contributed by atoms with Crippen LogP contribution in [0.15, 0.2) is 0 Å². The van der Waals surface area contributed by atoms with E-state index in [1.807, 2.05) is 0 Å². The van der Waals surface area contributed by atoms with Crippen LogP contribution in [0.5, 0.6) is 0 Å². The Morgan fingerprint density at radius 3 is 2.29 bits per heavy atom. The highest BCUT2D eigenvalue weighted by Gasteiger charge is 2.37. The Kier molecular flexibility index (Phi) is 1.03. The van der Waals surface area contributed by atoms with Crippen molar-refractivity contribution >= 4 is 0 Å². The summed E-state index contributed by atoms with van der Waals surface area (Å²) >= 11 is 0. The number of ether oxygens (including phenoxy) is 1. The SMILES string of the molecule is [NH3+]C1(CO)COC1. The third kappa shape index (κ3) is 0.748. The number of aliphatic hydroxyl groups excluding tert-OH is 1. The highest BCUT2D eigenvalue weighted by molar-refractivity contribution is 4.81. The van der Waals surface area contributed by atoms with E-state index in [2.05, 4.69) is 5.73 Å². The Hall–Kier alpha value is -0.120. The van der Waals surface area contributed by atoms with Crippen molar-refractivity contribution in [3.05, 3.63) is 0 Å². The van der Waals surface area contributed by atoms with Crippen LogP contribution in [0.3, 0.4) is 0 Å². The maximum Gasteiger partial charge on any atom is 0.165 e. The molecular formula is C4H10NO2+. The van der Waals surface area contributed by atoms with Crippen LogP contribution in [0.25, 0.3) is 0 Å². The van der Waals surface area contributed by atoms with Gasteiger partial charge in [-0.1, -0.05) is 0 Å². The molecule has 1 heterocycles. The van der Waals surface area contributed by atoms with Gasteiger partial charge in [0.2, 0.25) is 0 Å². The summed E-state index contributed by atoms with van der Waals surface area (Å²) in [5, 5.41) is 8.50. The molecule has 0 aromatic rings. The van der Waals surface area contributed by atoms with Crippen LogP contribution in [0.1, 0.15) is 0 Å². The second-order valence-corrected chi connectivity index (χ2v) is 2.15. The minimum Gasteiger partial charge on any atom is -0.390 e. The molecule has 1 rings (SSSR count). The van der Waals surface area contributed by atoms with Crippen LogP contribution in [-0.4, -0.2) is 30.5 Å². The van der Waals surface area contributed by atoms with Crippen LogP contribution >= 0.6 is 0 Å². The summed E-state index contributed by atoms with van der Waals surface area (Å²) in [6.45, 7) is 1.38. The van der Waals surface area contributed by atoms with Crippen molar-refractivity contribution in [2.45, 2.75) is 5.54 Å². The van der Waals surface area contributed by atoms with Gasteiger partial charge in [0.15, 0.2) is 5.54 Å². The van der Waals surface area contributed by atoms with Crippen molar-refractivity contribution in [2.75, 3.05) is 19.8 Å². The molecule has 3 nitrogen and oxygen atoms in total. The largest absolute Gasteiger partial charge is 0.390 e. The first-order chi connectivity index (χ1) is 3.27. The van der Waals surface area contributed by atoms with Crippen molar-refractivity contribution in [3.8, 4) is 0 Å². The van der Waals surface area contributed by atoms with Gasteiger partial charge >= 0.3 is 0 Å². The van der Waals surface area contributed by atoms with E-state index in [-0.39, 0.29) is 12.1 Å². The molecule has 0 unspecified atom stereocenters. The average molecular weight is 104 g/mol. The van der Waals surface area contributed by atoms with Gasteiger partial charge < -0.3 is 15.6 Å². The molecule has 0 atom stereocenters. The molecule has 0 amide bonds. The Morgan fingerprint density at radius 1 is 1.71 bits per heavy atom. The monoisotopic (exact) mass is 104 g/mol. The van der Waals surface area contributed by atoms with Crippen molar-refractivity contribution in [1.29, 1.82) is 0 Å². The Balaban J connectivity index is 2.29. The van der Waals surface area contributed by atoms with E-state index in [4.69, 9.17) is 9.84 Å². The number of rotatable bonds is 1. The smallest absolute Gasteiger partial charge is 0.165 e. The molecule has 0 aromatic carbocycles. The quantitative estimate of drug-likeness (QED) is 0.404. The molecule has 0 radical (unpaired) electrons. The first-order valence-electron chi connectivity index (χ1n) is 2.31. The minimum atomic E-state index is -0.153. The van der Waals surface area contributed by atoms with E-state index in [1.165, 1.54) is 0 Å². The van der Waals surface area contributed by atoms with Crippen molar-refractivity contribution < 1.29 is 15.6 Å². The van der Waals surface area contributed by atoms with E-state index >= 15 is 0 Å². The fourth-order valence-corrected chi connectivity index (χ4v) is 0.482. The predicted molar refractivity (Wildman–Crippen MR) is 23.5 cm³/mol. The zero-order chi connectivity index (χ0) is 5.33. The first-order valence-corrected chi connectivity index (χ1v) is 2.31. The standard InChI is InChI=1S/C4H9NO2/c5-4(1-6)2-7-3-4/h6H,1-3,5H2/p+1. The normalized spacial score (nSPS) is 26.6. The summed E-state index contributed by atoms with van der Waals surface area (Å²) in [4.78, 5) is 0. The van der Waals surface area contributed by atoms with Gasteiger partial charge in [-0.2, -0.15) is 0 Å². The second kappa shape index (κ2) is 1.43. The molecule has 1 aliphatic heterocycles. The maximum atomic E-state index is 8.50. The van der Waals surface area contributed by atoms with Crippen molar-refractivity contribution in [1.82, 2.24) is 0 Å². The Bertz CT molecular complexity index is 64.6. The van der Waals surface area contributed by atoms with Crippen molar-refractivity contribution in [2.24, 2.45) is 0 Å². The van der Waals surface area contributed by atoms with E-state index in [1.54, 1.807) is 0 Å². The first kappa shape index (κ1) is 5.03. The van der Waals surface area contributed by atoms with Crippen LogP contribution in [0.4, 0.5) is 0 Å². The number of aliphatic hydroxyl groups is 1. The van der Waals surface area contributed by atoms with Gasteiger partial charge in [-0.15, -0.1) is 0 Å². The van der Waals surface area contributed by atoms with Crippen LogP contribution in [0.2, 0.25) is 0 Å². The zero-order valence-corrected chi connectivity index (χ0v) is 4.18.